The van der Waals surface area contributed by atoms with Crippen LogP contribution in [-0.4, -0.2) is 18.3 Å². The molecule has 0 unspecified atom stereocenters. The molecule has 0 fully saturated rings. The highest BCUT2D eigenvalue weighted by molar-refractivity contribution is 6.28. The topological polar surface area (TPSA) is 43.5 Å². The summed E-state index contributed by atoms with van der Waals surface area (Å²) in [6.07, 6.45) is -10.2. The maximum atomic E-state index is 15.3. The summed E-state index contributed by atoms with van der Waals surface area (Å²) in [6.45, 7) is 0. The molecule has 0 bridgehead atoms. The summed E-state index contributed by atoms with van der Waals surface area (Å²) in [5.41, 5.74) is 8.30. The molecule has 0 amide bonds. The molecular formula is C69H39F6N5. The van der Waals surface area contributed by atoms with Gasteiger partial charge in [0.05, 0.1) is 78.3 Å². The lowest BCUT2D eigenvalue weighted by atomic mass is 9.92. The largest absolute Gasteiger partial charge is 0.417 e. The van der Waals surface area contributed by atoms with Crippen molar-refractivity contribution in [3.63, 3.8) is 0 Å². The Balaban J connectivity index is 1.09. The molecule has 0 radical (unpaired) electrons. The summed E-state index contributed by atoms with van der Waals surface area (Å²) in [6, 6.07) is 75.8. The van der Waals surface area contributed by atoms with Crippen LogP contribution < -0.4 is 0 Å². The minimum atomic E-state index is -5.16. The first kappa shape index (κ1) is 46.9. The van der Waals surface area contributed by atoms with Crippen molar-refractivity contribution >= 4 is 87.2 Å². The first-order valence-electron chi connectivity index (χ1n) is 26.0. The van der Waals surface area contributed by atoms with Gasteiger partial charge in [-0.25, -0.2) is 0 Å². The van der Waals surface area contributed by atoms with E-state index in [2.05, 4.69) is 109 Å². The summed E-state index contributed by atoms with van der Waals surface area (Å²) in [4.78, 5) is 0. The zero-order valence-electron chi connectivity index (χ0n) is 42.0. The van der Waals surface area contributed by atoms with Crippen molar-refractivity contribution in [2.24, 2.45) is 0 Å². The van der Waals surface area contributed by atoms with E-state index in [0.717, 1.165) is 105 Å². The van der Waals surface area contributed by atoms with Crippen LogP contribution in [0.15, 0.2) is 237 Å². The van der Waals surface area contributed by atoms with Gasteiger partial charge in [-0.15, -0.1) is 0 Å². The van der Waals surface area contributed by atoms with Gasteiger partial charge in [0.25, 0.3) is 0 Å². The molecule has 0 aliphatic rings. The van der Waals surface area contributed by atoms with E-state index in [9.17, 15) is 18.4 Å². The summed E-state index contributed by atoms with van der Waals surface area (Å²) in [5.74, 6) is 0. The van der Waals surface area contributed by atoms with Crippen LogP contribution in [0.2, 0.25) is 0 Å². The Morgan fingerprint density at radius 3 is 1.24 bits per heavy atom. The van der Waals surface area contributed by atoms with E-state index >= 15 is 13.2 Å². The van der Waals surface area contributed by atoms with Gasteiger partial charge in [0.15, 0.2) is 0 Å². The van der Waals surface area contributed by atoms with Gasteiger partial charge in [0, 0.05) is 65.6 Å². The molecule has 4 heterocycles. The van der Waals surface area contributed by atoms with Crippen LogP contribution in [0.4, 0.5) is 26.3 Å². The van der Waals surface area contributed by atoms with Crippen LogP contribution >= 0.6 is 0 Å². The number of benzene rings is 11. The standard InChI is InChI=1S/C69H39F6N5/c70-68(71,72)43-29-30-46(55(39-43)69(73,74)75)42-28-34-61(80-59-26-14-10-22-52(59)65-63(80)36-32-50-48-20-8-12-24-57(48)78(67(50)65)45-17-5-2-6-18-45)54(38-42)53-37-41(40-76)27-33-60(53)79-58-25-13-9-21-51(58)64-62(79)35-31-49-47-19-7-11-23-56(47)77(66(49)64)44-15-3-1-4-16-44/h1-39H. The third kappa shape index (κ3) is 6.91. The molecule has 382 valence electrons. The molecule has 0 saturated carbocycles. The number of nitrogens with zero attached hydrogens (tertiary/aromatic N) is 5. The molecule has 15 rings (SSSR count). The second-order valence-electron chi connectivity index (χ2n) is 20.1. The van der Waals surface area contributed by atoms with E-state index in [4.69, 9.17) is 0 Å². The molecule has 0 aliphatic heterocycles. The third-order valence-electron chi connectivity index (χ3n) is 15.8. The Morgan fingerprint density at radius 1 is 0.325 bits per heavy atom. The van der Waals surface area contributed by atoms with Gasteiger partial charge in [0.1, 0.15) is 0 Å². The monoisotopic (exact) mass is 1050 g/mol. The number of halogens is 6. The maximum absolute atomic E-state index is 15.3. The maximum Gasteiger partial charge on any atom is 0.417 e. The fraction of sp³-hybridized carbons (Fsp3) is 0.0290. The van der Waals surface area contributed by atoms with E-state index in [1.54, 1.807) is 30.3 Å². The Morgan fingerprint density at radius 2 is 0.762 bits per heavy atom. The van der Waals surface area contributed by atoms with Gasteiger partial charge in [-0.1, -0.05) is 133 Å². The molecule has 4 aromatic heterocycles. The fourth-order valence-electron chi connectivity index (χ4n) is 12.6. The Labute approximate surface area is 451 Å². The average Bonchev–Trinajstić information content (AvgIpc) is 4.42. The predicted molar refractivity (Wildman–Crippen MR) is 309 cm³/mol. The first-order chi connectivity index (χ1) is 39.0. The van der Waals surface area contributed by atoms with Crippen LogP contribution in [-0.2, 0) is 12.4 Å². The number of fused-ring (bicyclic) bond motifs is 14. The van der Waals surface area contributed by atoms with E-state index < -0.39 is 29.0 Å². The number of para-hydroxylation sites is 6. The molecule has 0 aliphatic carbocycles. The summed E-state index contributed by atoms with van der Waals surface area (Å²) in [5, 5.41) is 18.7. The highest BCUT2D eigenvalue weighted by Crippen LogP contribution is 2.49. The highest BCUT2D eigenvalue weighted by atomic mass is 19.4. The van der Waals surface area contributed by atoms with E-state index in [0.29, 0.717) is 28.6 Å². The van der Waals surface area contributed by atoms with Crippen molar-refractivity contribution in [3.05, 3.63) is 253 Å². The van der Waals surface area contributed by atoms with Gasteiger partial charge < -0.3 is 18.3 Å². The average molecular weight is 1050 g/mol. The molecular weight excluding hydrogens is 1010 g/mol. The van der Waals surface area contributed by atoms with Crippen LogP contribution in [0.1, 0.15) is 16.7 Å². The molecule has 11 aromatic carbocycles. The number of nitriles is 1. The Bertz CT molecular complexity index is 5110. The Hall–Kier alpha value is -10.3. The second kappa shape index (κ2) is 17.3. The molecule has 0 saturated heterocycles. The van der Waals surface area contributed by atoms with Crippen molar-refractivity contribution in [2.75, 3.05) is 0 Å². The van der Waals surface area contributed by atoms with Crippen molar-refractivity contribution in [1.29, 1.82) is 5.26 Å². The molecule has 15 aromatic rings. The zero-order chi connectivity index (χ0) is 54.2. The molecule has 0 atom stereocenters. The number of aromatic nitrogens is 4. The van der Waals surface area contributed by atoms with Crippen LogP contribution in [0.3, 0.4) is 0 Å². The van der Waals surface area contributed by atoms with Crippen molar-refractivity contribution < 1.29 is 26.3 Å². The third-order valence-corrected chi connectivity index (χ3v) is 15.8. The minimum absolute atomic E-state index is 0.0294. The van der Waals surface area contributed by atoms with Crippen LogP contribution in [0.5, 0.6) is 0 Å². The smallest absolute Gasteiger partial charge is 0.309 e. The number of hydrogen-bond acceptors (Lipinski definition) is 1. The van der Waals surface area contributed by atoms with Crippen molar-refractivity contribution in [1.82, 2.24) is 18.3 Å². The van der Waals surface area contributed by atoms with E-state index in [1.165, 1.54) is 0 Å². The summed E-state index contributed by atoms with van der Waals surface area (Å²) < 4.78 is 97.4. The lowest BCUT2D eigenvalue weighted by Gasteiger charge is -2.21. The van der Waals surface area contributed by atoms with Gasteiger partial charge in [0.2, 0.25) is 0 Å². The SMILES string of the molecule is N#Cc1ccc(-n2c3ccccc3c3c2ccc2c4ccccc4n(-c4ccccc4)c23)c(-c2cc(-c3ccc(C(F)(F)F)cc3C(F)(F)F)ccc2-n2c3ccccc3c3c2ccc2c4ccccc4n(-c4ccccc4)c23)c1. The highest BCUT2D eigenvalue weighted by Gasteiger charge is 2.39. The fourth-order valence-corrected chi connectivity index (χ4v) is 12.6. The lowest BCUT2D eigenvalue weighted by molar-refractivity contribution is -0.142. The lowest BCUT2D eigenvalue weighted by Crippen LogP contribution is -2.12. The van der Waals surface area contributed by atoms with Crippen molar-refractivity contribution in [2.45, 2.75) is 12.4 Å². The number of alkyl halides is 6. The van der Waals surface area contributed by atoms with E-state index in [-0.39, 0.29) is 17.2 Å². The molecule has 5 nitrogen and oxygen atoms in total. The second-order valence-corrected chi connectivity index (χ2v) is 20.1. The van der Waals surface area contributed by atoms with Crippen LogP contribution in [0, 0.1) is 11.3 Å². The predicted octanol–water partition coefficient (Wildman–Crippen LogP) is 19.3. The molecule has 11 heteroatoms. The van der Waals surface area contributed by atoms with Gasteiger partial charge in [-0.2, -0.15) is 31.6 Å². The first-order valence-corrected chi connectivity index (χ1v) is 26.0. The van der Waals surface area contributed by atoms with E-state index in [1.807, 2.05) is 103 Å². The number of hydrogen-bond donors (Lipinski definition) is 0. The number of rotatable bonds is 6. The summed E-state index contributed by atoms with van der Waals surface area (Å²) >= 11 is 0. The quantitative estimate of drug-likeness (QED) is 0.153. The minimum Gasteiger partial charge on any atom is -0.309 e. The zero-order valence-corrected chi connectivity index (χ0v) is 42.0. The van der Waals surface area contributed by atoms with Gasteiger partial charge in [-0.05, 0) is 114 Å². The Kier molecular flexibility index (Phi) is 10.2. The normalized spacial score (nSPS) is 12.4. The molecule has 80 heavy (non-hydrogen) atoms. The summed E-state index contributed by atoms with van der Waals surface area (Å²) in [7, 11) is 0. The molecule has 0 spiro atoms. The van der Waals surface area contributed by atoms with Gasteiger partial charge in [-0.3, -0.25) is 0 Å². The van der Waals surface area contributed by atoms with Crippen LogP contribution in [0.25, 0.3) is 132 Å². The van der Waals surface area contributed by atoms with Gasteiger partial charge >= 0.3 is 12.4 Å². The molecule has 0 N–H and O–H groups in total. The van der Waals surface area contributed by atoms with Crippen molar-refractivity contribution in [3.8, 4) is 51.1 Å².